The second kappa shape index (κ2) is 8.62. The molecule has 0 radical (unpaired) electrons. The summed E-state index contributed by atoms with van der Waals surface area (Å²) in [5, 5.41) is 8.95. The number of carboxylic acid groups (broad SMARTS) is 1. The summed E-state index contributed by atoms with van der Waals surface area (Å²) in [5.74, 6) is -0.209. The van der Waals surface area contributed by atoms with Gasteiger partial charge in [0.1, 0.15) is 12.4 Å². The summed E-state index contributed by atoms with van der Waals surface area (Å²) >= 11 is 2.26. The topological polar surface area (TPSA) is 58.9 Å². The third-order valence-electron chi connectivity index (χ3n) is 3.71. The van der Waals surface area contributed by atoms with Crippen LogP contribution in [0.2, 0.25) is 0 Å². The van der Waals surface area contributed by atoms with Crippen molar-refractivity contribution in [1.29, 1.82) is 0 Å². The highest BCUT2D eigenvalue weighted by atomic mass is 127. The molecule has 0 aliphatic rings. The van der Waals surface area contributed by atoms with Gasteiger partial charge in [0, 0.05) is 15.3 Å². The molecule has 5 heteroatoms. The van der Waals surface area contributed by atoms with E-state index >= 15 is 0 Å². The molecule has 0 fully saturated rings. The van der Waals surface area contributed by atoms with Gasteiger partial charge in [0.25, 0.3) is 0 Å². The lowest BCUT2D eigenvalue weighted by Gasteiger charge is -2.09. The second-order valence-electron chi connectivity index (χ2n) is 5.54. The first-order valence-corrected chi connectivity index (χ1v) is 9.04. The van der Waals surface area contributed by atoms with Gasteiger partial charge < -0.3 is 9.84 Å². The van der Waals surface area contributed by atoms with Gasteiger partial charge in [-0.2, -0.15) is 0 Å². The van der Waals surface area contributed by atoms with Crippen LogP contribution in [-0.2, 0) is 6.61 Å². The summed E-state index contributed by atoms with van der Waals surface area (Å²) in [6, 6.07) is 22.3. The van der Waals surface area contributed by atoms with Gasteiger partial charge >= 0.3 is 5.97 Å². The maximum atomic E-state index is 10.9. The van der Waals surface area contributed by atoms with Crippen molar-refractivity contribution in [3.63, 3.8) is 0 Å². The molecule has 0 bridgehead atoms. The zero-order valence-corrected chi connectivity index (χ0v) is 16.0. The van der Waals surface area contributed by atoms with Crippen molar-refractivity contribution >= 4 is 40.5 Å². The number of ether oxygens (including phenoxy) is 1. The standard InChI is InChI=1S/C21H16INO3/c22-18-6-2-3-7-19(18)23-13-17-5-1-4-8-20(17)26-14-15-9-11-16(12-10-15)21(24)25/h1-13H,14H2,(H,24,25). The number of aliphatic imine (C=N–C) groups is 1. The lowest BCUT2D eigenvalue weighted by atomic mass is 10.1. The van der Waals surface area contributed by atoms with Crippen LogP contribution in [0.5, 0.6) is 5.75 Å². The largest absolute Gasteiger partial charge is 0.488 e. The van der Waals surface area contributed by atoms with E-state index in [1.165, 1.54) is 0 Å². The van der Waals surface area contributed by atoms with Crippen LogP contribution < -0.4 is 4.74 Å². The van der Waals surface area contributed by atoms with Crippen LogP contribution in [0.1, 0.15) is 21.5 Å². The van der Waals surface area contributed by atoms with Gasteiger partial charge in [-0.1, -0.05) is 36.4 Å². The highest BCUT2D eigenvalue weighted by Crippen LogP contribution is 2.22. The van der Waals surface area contributed by atoms with Gasteiger partial charge in [0.15, 0.2) is 0 Å². The van der Waals surface area contributed by atoms with Crippen molar-refractivity contribution in [3.05, 3.63) is 93.1 Å². The van der Waals surface area contributed by atoms with E-state index in [9.17, 15) is 4.79 Å². The third kappa shape index (κ3) is 4.70. The van der Waals surface area contributed by atoms with E-state index in [0.29, 0.717) is 6.61 Å². The predicted molar refractivity (Wildman–Crippen MR) is 111 cm³/mol. The van der Waals surface area contributed by atoms with E-state index in [4.69, 9.17) is 9.84 Å². The van der Waals surface area contributed by atoms with E-state index in [-0.39, 0.29) is 5.56 Å². The summed E-state index contributed by atoms with van der Waals surface area (Å²) in [6.07, 6.45) is 1.79. The van der Waals surface area contributed by atoms with Gasteiger partial charge in [-0.15, -0.1) is 0 Å². The van der Waals surface area contributed by atoms with E-state index in [0.717, 1.165) is 26.1 Å². The fraction of sp³-hybridized carbons (Fsp3) is 0.0476. The van der Waals surface area contributed by atoms with Crippen LogP contribution in [0.4, 0.5) is 5.69 Å². The fourth-order valence-corrected chi connectivity index (χ4v) is 2.85. The van der Waals surface area contributed by atoms with Crippen LogP contribution in [0.3, 0.4) is 0 Å². The maximum absolute atomic E-state index is 10.9. The summed E-state index contributed by atoms with van der Waals surface area (Å²) in [6.45, 7) is 0.355. The highest BCUT2D eigenvalue weighted by Gasteiger charge is 2.04. The molecule has 3 aromatic carbocycles. The minimum atomic E-state index is -0.936. The fourth-order valence-electron chi connectivity index (χ4n) is 2.32. The van der Waals surface area contributed by atoms with Crippen LogP contribution >= 0.6 is 22.6 Å². The number of rotatable bonds is 6. The average molecular weight is 457 g/mol. The lowest BCUT2D eigenvalue weighted by Crippen LogP contribution is -2.00. The minimum Gasteiger partial charge on any atom is -0.488 e. The van der Waals surface area contributed by atoms with Gasteiger partial charge in [-0.25, -0.2) is 4.79 Å². The van der Waals surface area contributed by atoms with Gasteiger partial charge in [-0.05, 0) is 64.6 Å². The molecule has 3 aromatic rings. The molecule has 0 amide bonds. The average Bonchev–Trinajstić information content (AvgIpc) is 2.66. The predicted octanol–water partition coefficient (Wildman–Crippen LogP) is 5.32. The number of nitrogens with zero attached hydrogens (tertiary/aromatic N) is 1. The Labute approximate surface area is 165 Å². The molecule has 26 heavy (non-hydrogen) atoms. The zero-order valence-electron chi connectivity index (χ0n) is 13.8. The summed E-state index contributed by atoms with van der Waals surface area (Å²) in [4.78, 5) is 15.4. The Kier molecular flexibility index (Phi) is 6.01. The van der Waals surface area contributed by atoms with Crippen molar-refractivity contribution in [2.75, 3.05) is 0 Å². The number of hydrogen-bond acceptors (Lipinski definition) is 3. The summed E-state index contributed by atoms with van der Waals surface area (Å²) in [7, 11) is 0. The molecule has 0 unspecified atom stereocenters. The van der Waals surface area contributed by atoms with Crippen LogP contribution in [0, 0.1) is 3.57 Å². The molecule has 4 nitrogen and oxygen atoms in total. The Balaban J connectivity index is 1.73. The second-order valence-corrected chi connectivity index (χ2v) is 6.70. The maximum Gasteiger partial charge on any atom is 0.335 e. The minimum absolute atomic E-state index is 0.263. The molecule has 0 saturated heterocycles. The molecule has 1 N–H and O–H groups in total. The Morgan fingerprint density at radius 2 is 1.69 bits per heavy atom. The number of aromatic carboxylic acids is 1. The quantitative estimate of drug-likeness (QED) is 0.403. The molecule has 0 saturated carbocycles. The van der Waals surface area contributed by atoms with E-state index in [2.05, 4.69) is 27.6 Å². The smallest absolute Gasteiger partial charge is 0.335 e. The summed E-state index contributed by atoms with van der Waals surface area (Å²) in [5.41, 5.74) is 2.96. The number of hydrogen-bond donors (Lipinski definition) is 1. The van der Waals surface area contributed by atoms with Crippen LogP contribution in [0.25, 0.3) is 0 Å². The first-order valence-electron chi connectivity index (χ1n) is 7.96. The molecule has 0 aliphatic heterocycles. The van der Waals surface area contributed by atoms with Crippen molar-refractivity contribution in [1.82, 2.24) is 0 Å². The number of carboxylic acids is 1. The molecule has 0 aromatic heterocycles. The number of carbonyl (C=O) groups is 1. The molecule has 0 spiro atoms. The Morgan fingerprint density at radius 3 is 2.42 bits per heavy atom. The van der Waals surface area contributed by atoms with Gasteiger partial charge in [0.05, 0.1) is 11.3 Å². The Hall–Kier alpha value is -2.67. The van der Waals surface area contributed by atoms with Gasteiger partial charge in [-0.3, -0.25) is 4.99 Å². The summed E-state index contributed by atoms with van der Waals surface area (Å²) < 4.78 is 6.98. The van der Waals surface area contributed by atoms with Crippen LogP contribution in [-0.4, -0.2) is 17.3 Å². The van der Waals surface area contributed by atoms with Crippen molar-refractivity contribution < 1.29 is 14.6 Å². The van der Waals surface area contributed by atoms with E-state index in [1.807, 2.05) is 48.5 Å². The molecular formula is C21H16INO3. The molecule has 0 heterocycles. The first kappa shape index (κ1) is 18.1. The number of benzene rings is 3. The Bertz CT molecular complexity index is 936. The lowest BCUT2D eigenvalue weighted by molar-refractivity contribution is 0.0697. The molecular weight excluding hydrogens is 441 g/mol. The molecule has 0 atom stereocenters. The molecule has 3 rings (SSSR count). The van der Waals surface area contributed by atoms with Crippen LogP contribution in [0.15, 0.2) is 77.8 Å². The Morgan fingerprint density at radius 1 is 1.00 bits per heavy atom. The molecule has 130 valence electrons. The van der Waals surface area contributed by atoms with Gasteiger partial charge in [0.2, 0.25) is 0 Å². The van der Waals surface area contributed by atoms with Crippen molar-refractivity contribution in [2.24, 2.45) is 4.99 Å². The monoisotopic (exact) mass is 457 g/mol. The van der Waals surface area contributed by atoms with Crippen molar-refractivity contribution in [2.45, 2.75) is 6.61 Å². The molecule has 0 aliphatic carbocycles. The van der Waals surface area contributed by atoms with Crippen molar-refractivity contribution in [3.8, 4) is 5.75 Å². The highest BCUT2D eigenvalue weighted by molar-refractivity contribution is 14.1. The SMILES string of the molecule is O=C(O)c1ccc(COc2ccccc2C=Nc2ccccc2I)cc1. The number of halogens is 1. The van der Waals surface area contributed by atoms with E-state index < -0.39 is 5.97 Å². The first-order chi connectivity index (χ1) is 12.6. The van der Waals surface area contributed by atoms with E-state index in [1.54, 1.807) is 30.5 Å². The third-order valence-corrected chi connectivity index (χ3v) is 4.62. The zero-order chi connectivity index (χ0) is 18.4. The number of para-hydroxylation sites is 2. The normalized spacial score (nSPS) is 10.8.